The molecule has 4 rings (SSSR count). The van der Waals surface area contributed by atoms with Crippen molar-refractivity contribution in [2.45, 2.75) is 33.2 Å². The Hall–Kier alpha value is -3.81. The van der Waals surface area contributed by atoms with Gasteiger partial charge in [-0.2, -0.15) is 0 Å². The SMILES string of the molecule is CCc1ccccc1NC(=O)N1CCN(c2cc(Oc3ccc(C)cc3OC)ncn2)C[C@@H]1C. The van der Waals surface area contributed by atoms with Crippen LogP contribution in [-0.2, 0) is 6.42 Å². The van der Waals surface area contributed by atoms with Crippen LogP contribution >= 0.6 is 0 Å². The van der Waals surface area contributed by atoms with Crippen molar-refractivity contribution in [3.05, 3.63) is 66.0 Å². The van der Waals surface area contributed by atoms with Crippen LogP contribution in [0.25, 0.3) is 0 Å². The van der Waals surface area contributed by atoms with Crippen LogP contribution in [-0.4, -0.2) is 53.7 Å². The number of ether oxygens (including phenoxy) is 2. The monoisotopic (exact) mass is 461 g/mol. The Morgan fingerprint density at radius 3 is 2.71 bits per heavy atom. The molecule has 0 spiro atoms. The molecule has 1 aromatic heterocycles. The molecule has 34 heavy (non-hydrogen) atoms. The van der Waals surface area contributed by atoms with Gasteiger partial charge in [0.2, 0.25) is 5.88 Å². The van der Waals surface area contributed by atoms with Gasteiger partial charge in [0.25, 0.3) is 0 Å². The minimum Gasteiger partial charge on any atom is -0.493 e. The lowest BCUT2D eigenvalue weighted by molar-refractivity contribution is 0.184. The van der Waals surface area contributed by atoms with E-state index in [0.29, 0.717) is 37.0 Å². The minimum atomic E-state index is -0.0776. The summed E-state index contributed by atoms with van der Waals surface area (Å²) in [6.07, 6.45) is 2.36. The largest absolute Gasteiger partial charge is 0.493 e. The molecule has 0 aliphatic carbocycles. The highest BCUT2D eigenvalue weighted by atomic mass is 16.5. The van der Waals surface area contributed by atoms with Crippen LogP contribution in [0.1, 0.15) is 25.0 Å². The van der Waals surface area contributed by atoms with Crippen molar-refractivity contribution in [1.82, 2.24) is 14.9 Å². The van der Waals surface area contributed by atoms with Crippen LogP contribution in [0.2, 0.25) is 0 Å². The Morgan fingerprint density at radius 2 is 1.94 bits per heavy atom. The zero-order valence-corrected chi connectivity index (χ0v) is 20.1. The minimum absolute atomic E-state index is 0.0130. The van der Waals surface area contributed by atoms with Gasteiger partial charge in [-0.3, -0.25) is 0 Å². The van der Waals surface area contributed by atoms with Gasteiger partial charge in [0.05, 0.1) is 7.11 Å². The van der Waals surface area contributed by atoms with Crippen LogP contribution in [0.3, 0.4) is 0 Å². The number of nitrogens with zero attached hydrogens (tertiary/aromatic N) is 4. The predicted octanol–water partition coefficient (Wildman–Crippen LogP) is 4.89. The Bertz CT molecular complexity index is 1150. The Morgan fingerprint density at radius 1 is 1.12 bits per heavy atom. The average Bonchev–Trinajstić information content (AvgIpc) is 2.85. The molecule has 8 heteroatoms. The first-order valence-corrected chi connectivity index (χ1v) is 11.5. The zero-order valence-electron chi connectivity index (χ0n) is 20.1. The average molecular weight is 462 g/mol. The van der Waals surface area contributed by atoms with E-state index in [2.05, 4.69) is 27.1 Å². The second-order valence-electron chi connectivity index (χ2n) is 8.40. The second kappa shape index (κ2) is 10.4. The molecule has 2 heterocycles. The van der Waals surface area contributed by atoms with E-state index in [1.165, 1.54) is 6.33 Å². The summed E-state index contributed by atoms with van der Waals surface area (Å²) in [5.41, 5.74) is 3.08. The normalized spacial score (nSPS) is 15.7. The quantitative estimate of drug-likeness (QED) is 0.563. The Labute approximate surface area is 200 Å². The van der Waals surface area contributed by atoms with E-state index < -0.39 is 0 Å². The van der Waals surface area contributed by atoms with Crippen molar-refractivity contribution in [3.63, 3.8) is 0 Å². The van der Waals surface area contributed by atoms with Gasteiger partial charge < -0.3 is 24.6 Å². The van der Waals surface area contributed by atoms with Gasteiger partial charge in [0, 0.05) is 37.4 Å². The second-order valence-corrected chi connectivity index (χ2v) is 8.40. The zero-order chi connectivity index (χ0) is 24.1. The molecule has 178 valence electrons. The number of nitrogens with one attached hydrogen (secondary N) is 1. The number of piperazine rings is 1. The molecule has 0 unspecified atom stereocenters. The van der Waals surface area contributed by atoms with Crippen LogP contribution in [0.15, 0.2) is 54.9 Å². The highest BCUT2D eigenvalue weighted by Crippen LogP contribution is 2.32. The number of amides is 2. The molecule has 1 aliphatic heterocycles. The van der Waals surface area contributed by atoms with Gasteiger partial charge in [0.1, 0.15) is 12.1 Å². The molecule has 2 aromatic carbocycles. The Balaban J connectivity index is 1.42. The van der Waals surface area contributed by atoms with Gasteiger partial charge in [0.15, 0.2) is 11.5 Å². The Kier molecular flexibility index (Phi) is 7.15. The van der Waals surface area contributed by atoms with Crippen molar-refractivity contribution in [1.29, 1.82) is 0 Å². The van der Waals surface area contributed by atoms with Gasteiger partial charge in [-0.1, -0.05) is 31.2 Å². The maximum absolute atomic E-state index is 13.0. The fourth-order valence-electron chi connectivity index (χ4n) is 4.14. The maximum atomic E-state index is 13.0. The van der Waals surface area contributed by atoms with Crippen LogP contribution in [0.5, 0.6) is 17.4 Å². The molecule has 0 saturated carbocycles. The summed E-state index contributed by atoms with van der Waals surface area (Å²) in [6.45, 7) is 8.05. The molecular weight excluding hydrogens is 430 g/mol. The molecule has 0 radical (unpaired) electrons. The lowest BCUT2D eigenvalue weighted by Gasteiger charge is -2.40. The van der Waals surface area contributed by atoms with E-state index in [1.807, 2.05) is 67.3 Å². The van der Waals surface area contributed by atoms with E-state index in [0.717, 1.165) is 29.1 Å². The van der Waals surface area contributed by atoms with Gasteiger partial charge >= 0.3 is 6.03 Å². The lowest BCUT2D eigenvalue weighted by atomic mass is 10.1. The van der Waals surface area contributed by atoms with Gasteiger partial charge in [-0.25, -0.2) is 14.8 Å². The number of aryl methyl sites for hydroxylation is 2. The molecule has 8 nitrogen and oxygen atoms in total. The van der Waals surface area contributed by atoms with Crippen molar-refractivity contribution in [3.8, 4) is 17.4 Å². The summed E-state index contributed by atoms with van der Waals surface area (Å²) in [4.78, 5) is 25.7. The number of anilines is 2. The van der Waals surface area contributed by atoms with E-state index >= 15 is 0 Å². The summed E-state index contributed by atoms with van der Waals surface area (Å²) in [5.74, 6) is 2.45. The summed E-state index contributed by atoms with van der Waals surface area (Å²) in [7, 11) is 1.62. The summed E-state index contributed by atoms with van der Waals surface area (Å²) < 4.78 is 11.4. The van der Waals surface area contributed by atoms with Crippen molar-refractivity contribution in [2.24, 2.45) is 0 Å². The highest BCUT2D eigenvalue weighted by Gasteiger charge is 2.28. The first-order valence-electron chi connectivity index (χ1n) is 11.5. The maximum Gasteiger partial charge on any atom is 0.322 e. The number of methoxy groups -OCH3 is 1. The van der Waals surface area contributed by atoms with Gasteiger partial charge in [-0.05, 0) is 49.6 Å². The number of para-hydroxylation sites is 1. The first kappa shape index (κ1) is 23.4. The first-order chi connectivity index (χ1) is 16.5. The third-order valence-corrected chi connectivity index (χ3v) is 6.01. The van der Waals surface area contributed by atoms with Crippen LogP contribution in [0, 0.1) is 6.92 Å². The third-order valence-electron chi connectivity index (χ3n) is 6.01. The van der Waals surface area contributed by atoms with E-state index in [4.69, 9.17) is 9.47 Å². The number of carbonyl (C=O) groups excluding carboxylic acids is 1. The number of benzene rings is 2. The summed E-state index contributed by atoms with van der Waals surface area (Å²) in [5, 5.41) is 3.08. The molecule has 1 atom stereocenters. The smallest absolute Gasteiger partial charge is 0.322 e. The molecular formula is C26H31N5O3. The number of rotatable bonds is 6. The number of urea groups is 1. The fraction of sp³-hybridized carbons (Fsp3) is 0.346. The highest BCUT2D eigenvalue weighted by molar-refractivity contribution is 5.90. The molecule has 2 amide bonds. The molecule has 0 bridgehead atoms. The number of carbonyl (C=O) groups is 1. The molecule has 3 aromatic rings. The molecule has 1 aliphatic rings. The van der Waals surface area contributed by atoms with Crippen molar-refractivity contribution in [2.75, 3.05) is 37.0 Å². The van der Waals surface area contributed by atoms with Crippen molar-refractivity contribution >= 4 is 17.5 Å². The van der Waals surface area contributed by atoms with E-state index in [1.54, 1.807) is 7.11 Å². The predicted molar refractivity (Wildman–Crippen MR) is 133 cm³/mol. The fourth-order valence-corrected chi connectivity index (χ4v) is 4.14. The number of aromatic nitrogens is 2. The molecule has 1 fully saturated rings. The third kappa shape index (κ3) is 5.22. The lowest BCUT2D eigenvalue weighted by Crippen LogP contribution is -2.55. The van der Waals surface area contributed by atoms with Gasteiger partial charge in [-0.15, -0.1) is 0 Å². The topological polar surface area (TPSA) is 79.8 Å². The van der Waals surface area contributed by atoms with Crippen LogP contribution in [0.4, 0.5) is 16.3 Å². The van der Waals surface area contributed by atoms with E-state index in [9.17, 15) is 4.79 Å². The van der Waals surface area contributed by atoms with E-state index in [-0.39, 0.29) is 12.1 Å². The number of hydrogen-bond acceptors (Lipinski definition) is 6. The molecule has 1 saturated heterocycles. The van der Waals surface area contributed by atoms with Crippen LogP contribution < -0.4 is 19.7 Å². The number of hydrogen-bond donors (Lipinski definition) is 1. The summed E-state index contributed by atoms with van der Waals surface area (Å²) >= 11 is 0. The summed E-state index contributed by atoms with van der Waals surface area (Å²) in [6, 6.07) is 15.4. The standard InChI is InChI=1S/C26H31N5O3/c1-5-20-8-6-7-9-21(20)29-26(32)31-13-12-30(16-19(31)3)24-15-25(28-17-27-24)34-22-11-10-18(2)14-23(22)33-4/h6-11,14-15,17,19H,5,12-13,16H2,1-4H3,(H,29,32)/t19-/m0/s1. The molecule has 1 N–H and O–H groups in total. The van der Waals surface area contributed by atoms with Crippen molar-refractivity contribution < 1.29 is 14.3 Å².